The first-order valence-corrected chi connectivity index (χ1v) is 13.5. The quantitative estimate of drug-likeness (QED) is 0.345. The van der Waals surface area contributed by atoms with Crippen molar-refractivity contribution >= 4 is 22.9 Å². The van der Waals surface area contributed by atoms with E-state index in [0.717, 1.165) is 61.4 Å². The zero-order valence-corrected chi connectivity index (χ0v) is 22.0. The lowest BCUT2D eigenvalue weighted by atomic mass is 10.0. The largest absolute Gasteiger partial charge is 0.383 e. The van der Waals surface area contributed by atoms with Crippen molar-refractivity contribution in [3.05, 3.63) is 90.9 Å². The third-order valence-electron chi connectivity index (χ3n) is 7.98. The summed E-state index contributed by atoms with van der Waals surface area (Å²) >= 11 is 0. The summed E-state index contributed by atoms with van der Waals surface area (Å²) in [6.07, 6.45) is 8.74. The van der Waals surface area contributed by atoms with Crippen LogP contribution in [-0.4, -0.2) is 71.2 Å². The zero-order valence-electron chi connectivity index (χ0n) is 22.0. The van der Waals surface area contributed by atoms with Gasteiger partial charge >= 0.3 is 0 Å². The number of carbonyl (C=O) groups excluding carboxylic acids is 1. The molecule has 1 atom stereocenters. The minimum atomic E-state index is 0.0121. The summed E-state index contributed by atoms with van der Waals surface area (Å²) in [7, 11) is 0. The Kier molecular flexibility index (Phi) is 5.89. The van der Waals surface area contributed by atoms with Gasteiger partial charge in [-0.2, -0.15) is 5.10 Å². The third-order valence-corrected chi connectivity index (χ3v) is 7.98. The first kappa shape index (κ1) is 24.2. The van der Waals surface area contributed by atoms with Gasteiger partial charge in [-0.3, -0.25) is 14.3 Å². The van der Waals surface area contributed by atoms with E-state index in [9.17, 15) is 4.79 Å². The highest BCUT2D eigenvalue weighted by Gasteiger charge is 2.31. The Hall–Kier alpha value is -4.83. The van der Waals surface area contributed by atoms with Crippen molar-refractivity contribution in [3.63, 3.8) is 0 Å². The summed E-state index contributed by atoms with van der Waals surface area (Å²) in [6.45, 7) is 6.82. The summed E-state index contributed by atoms with van der Waals surface area (Å²) < 4.78 is 3.81. The number of piperazine rings is 1. The van der Waals surface area contributed by atoms with Crippen molar-refractivity contribution in [2.75, 3.05) is 31.9 Å². The second-order valence-electron chi connectivity index (χ2n) is 10.2. The fraction of sp³-hybridized carbons (Fsp3) is 0.233. The van der Waals surface area contributed by atoms with E-state index in [4.69, 9.17) is 15.7 Å². The number of nitrogens with zero attached hydrogens (tertiary/aromatic N) is 8. The van der Waals surface area contributed by atoms with Gasteiger partial charge in [-0.25, -0.2) is 19.6 Å². The lowest BCUT2D eigenvalue weighted by Gasteiger charge is -2.38. The maximum atomic E-state index is 12.0. The molecule has 10 nitrogen and oxygen atoms in total. The summed E-state index contributed by atoms with van der Waals surface area (Å²) in [5.41, 5.74) is 12.2. The van der Waals surface area contributed by atoms with Gasteiger partial charge in [0.25, 0.3) is 0 Å². The number of fused-ring (bicyclic) bond motifs is 2. The van der Waals surface area contributed by atoms with Gasteiger partial charge < -0.3 is 10.6 Å². The average molecular weight is 532 g/mol. The molecule has 5 aromatic rings. The highest BCUT2D eigenvalue weighted by molar-refractivity contribution is 5.87. The maximum absolute atomic E-state index is 12.0. The molecule has 200 valence electrons. The average Bonchev–Trinajstić information content (AvgIpc) is 3.75. The molecular formula is C30H29N9O. The van der Waals surface area contributed by atoms with Gasteiger partial charge in [0, 0.05) is 56.5 Å². The lowest BCUT2D eigenvalue weighted by molar-refractivity contribution is -0.128. The molecule has 1 saturated heterocycles. The standard InChI is InChI=1S/C30H29N9O/c1-2-27(40)37-17-15-36(16-18-37)25-10-6-20-19-21(7-8-22(20)25)39-29(23-5-3-12-32-28(23)31)34-24-9-11-26(35-30(24)39)38-14-4-13-33-38/h2-5,7-9,11-14,19,25H,1,6,10,15-18H2,(H2,31,32). The summed E-state index contributed by atoms with van der Waals surface area (Å²) in [6, 6.07) is 16.6. The van der Waals surface area contributed by atoms with Gasteiger partial charge in [-0.05, 0) is 72.5 Å². The Labute approximate surface area is 231 Å². The van der Waals surface area contributed by atoms with Gasteiger partial charge in [-0.15, -0.1) is 0 Å². The smallest absolute Gasteiger partial charge is 0.246 e. The van der Waals surface area contributed by atoms with E-state index in [2.05, 4.69) is 44.3 Å². The van der Waals surface area contributed by atoms with Crippen LogP contribution in [0.25, 0.3) is 34.1 Å². The van der Waals surface area contributed by atoms with Crippen LogP contribution in [0.3, 0.4) is 0 Å². The molecule has 1 fully saturated rings. The molecule has 0 saturated carbocycles. The molecule has 4 aromatic heterocycles. The monoisotopic (exact) mass is 531 g/mol. The Morgan fingerprint density at radius 1 is 1.02 bits per heavy atom. The molecule has 5 heterocycles. The van der Waals surface area contributed by atoms with Crippen LogP contribution in [0, 0.1) is 0 Å². The van der Waals surface area contributed by atoms with Gasteiger partial charge in [-0.1, -0.05) is 12.6 Å². The highest BCUT2D eigenvalue weighted by atomic mass is 16.2. The van der Waals surface area contributed by atoms with Crippen LogP contribution in [0.4, 0.5) is 5.82 Å². The maximum Gasteiger partial charge on any atom is 0.246 e. The molecule has 0 radical (unpaired) electrons. The SMILES string of the molecule is C=CC(=O)N1CCN(C2CCc3cc(-n4c(-c5cccnc5N)nc5ccc(-n6cccn6)nc54)ccc32)CC1. The third kappa shape index (κ3) is 4.04. The highest BCUT2D eigenvalue weighted by Crippen LogP contribution is 2.39. The number of rotatable bonds is 5. The van der Waals surface area contributed by atoms with Crippen LogP contribution in [0.1, 0.15) is 23.6 Å². The number of anilines is 1. The molecule has 0 spiro atoms. The number of aromatic nitrogens is 6. The minimum Gasteiger partial charge on any atom is -0.383 e. The normalized spacial score (nSPS) is 17.3. The van der Waals surface area contributed by atoms with Gasteiger partial charge in [0.15, 0.2) is 17.3 Å². The Morgan fingerprint density at radius 3 is 2.67 bits per heavy atom. The van der Waals surface area contributed by atoms with Crippen molar-refractivity contribution in [3.8, 4) is 22.9 Å². The van der Waals surface area contributed by atoms with Gasteiger partial charge in [0.2, 0.25) is 5.91 Å². The van der Waals surface area contributed by atoms with E-state index in [0.29, 0.717) is 23.5 Å². The van der Waals surface area contributed by atoms with Crippen molar-refractivity contribution in [1.82, 2.24) is 39.1 Å². The molecule has 1 amide bonds. The van der Waals surface area contributed by atoms with E-state index < -0.39 is 0 Å². The second-order valence-corrected chi connectivity index (χ2v) is 10.2. The Bertz CT molecular complexity index is 1730. The van der Waals surface area contributed by atoms with Crippen molar-refractivity contribution < 1.29 is 4.79 Å². The Morgan fingerprint density at radius 2 is 1.90 bits per heavy atom. The van der Waals surface area contributed by atoms with E-state index in [1.807, 2.05) is 41.4 Å². The van der Waals surface area contributed by atoms with Crippen LogP contribution in [0.15, 0.2) is 79.8 Å². The predicted molar refractivity (Wildman–Crippen MR) is 153 cm³/mol. The van der Waals surface area contributed by atoms with Gasteiger partial charge in [0.1, 0.15) is 11.3 Å². The summed E-state index contributed by atoms with van der Waals surface area (Å²) in [5.74, 6) is 1.84. The molecule has 1 aliphatic heterocycles. The van der Waals surface area contributed by atoms with Crippen molar-refractivity contribution in [2.45, 2.75) is 18.9 Å². The molecule has 1 aliphatic carbocycles. The molecule has 10 heteroatoms. The molecule has 7 rings (SSSR count). The fourth-order valence-electron chi connectivity index (χ4n) is 5.99. The van der Waals surface area contributed by atoms with Crippen LogP contribution >= 0.6 is 0 Å². The minimum absolute atomic E-state index is 0.0121. The van der Waals surface area contributed by atoms with Crippen LogP contribution in [0.2, 0.25) is 0 Å². The van der Waals surface area contributed by atoms with Crippen LogP contribution in [0.5, 0.6) is 0 Å². The number of hydrogen-bond donors (Lipinski definition) is 1. The first-order chi connectivity index (χ1) is 19.6. The molecular weight excluding hydrogens is 502 g/mol. The van der Waals surface area contributed by atoms with E-state index in [-0.39, 0.29) is 5.91 Å². The number of imidazole rings is 1. The van der Waals surface area contributed by atoms with E-state index in [1.54, 1.807) is 17.1 Å². The molecule has 1 unspecified atom stereocenters. The fourth-order valence-corrected chi connectivity index (χ4v) is 5.99. The van der Waals surface area contributed by atoms with Gasteiger partial charge in [0.05, 0.1) is 5.56 Å². The molecule has 2 aliphatic rings. The second kappa shape index (κ2) is 9.73. The number of aryl methyl sites for hydroxylation is 1. The molecule has 1 aromatic carbocycles. The van der Waals surface area contributed by atoms with E-state index >= 15 is 0 Å². The zero-order chi connectivity index (χ0) is 27.2. The number of hydrogen-bond acceptors (Lipinski definition) is 7. The Balaban J connectivity index is 1.29. The van der Waals surface area contributed by atoms with Crippen LogP contribution in [-0.2, 0) is 11.2 Å². The number of carbonyl (C=O) groups is 1. The van der Waals surface area contributed by atoms with Crippen LogP contribution < -0.4 is 5.73 Å². The number of pyridine rings is 2. The summed E-state index contributed by atoms with van der Waals surface area (Å²) in [4.78, 5) is 30.7. The molecule has 2 N–H and O–H groups in total. The number of benzene rings is 1. The van der Waals surface area contributed by atoms with Crippen molar-refractivity contribution in [2.24, 2.45) is 0 Å². The number of amides is 1. The molecule has 0 bridgehead atoms. The lowest BCUT2D eigenvalue weighted by Crippen LogP contribution is -2.48. The first-order valence-electron chi connectivity index (χ1n) is 13.5. The van der Waals surface area contributed by atoms with E-state index in [1.165, 1.54) is 17.2 Å². The van der Waals surface area contributed by atoms with Crippen molar-refractivity contribution in [1.29, 1.82) is 0 Å². The molecule has 40 heavy (non-hydrogen) atoms. The number of nitrogen functional groups attached to an aromatic ring is 1. The topological polar surface area (TPSA) is 111 Å². The predicted octanol–water partition coefficient (Wildman–Crippen LogP) is 3.57. The summed E-state index contributed by atoms with van der Waals surface area (Å²) in [5, 5.41) is 4.36. The number of nitrogens with two attached hydrogens (primary N) is 1.